The fraction of sp³-hybridized carbons (Fsp3) is 0.357. The number of fused-ring (bicyclic) bond motifs is 1. The molecule has 1 amide bonds. The molecule has 0 bridgehead atoms. The van der Waals surface area contributed by atoms with Gasteiger partial charge in [-0.1, -0.05) is 0 Å². The third-order valence-corrected chi connectivity index (χ3v) is 4.03. The summed E-state index contributed by atoms with van der Waals surface area (Å²) >= 11 is 0. The molecule has 1 aliphatic heterocycles. The summed E-state index contributed by atoms with van der Waals surface area (Å²) in [6.45, 7) is 1.73. The lowest BCUT2D eigenvalue weighted by Gasteiger charge is -2.39. The van der Waals surface area contributed by atoms with Gasteiger partial charge in [-0.05, 0) is 34.9 Å². The second-order valence-corrected chi connectivity index (χ2v) is 5.58. The second-order valence-electron chi connectivity index (χ2n) is 5.58. The summed E-state index contributed by atoms with van der Waals surface area (Å²) < 4.78 is 1.44. The highest BCUT2D eigenvalue weighted by Crippen LogP contribution is 2.23. The second kappa shape index (κ2) is 5.21. The van der Waals surface area contributed by atoms with Gasteiger partial charge in [-0.15, -0.1) is 5.10 Å². The van der Waals surface area contributed by atoms with Gasteiger partial charge in [-0.2, -0.15) is 0 Å². The third-order valence-electron chi connectivity index (χ3n) is 4.03. The van der Waals surface area contributed by atoms with Gasteiger partial charge in [0.05, 0.1) is 11.2 Å². The first-order valence-corrected chi connectivity index (χ1v) is 7.19. The number of tetrazole rings is 1. The first-order valence-electron chi connectivity index (χ1n) is 7.19. The van der Waals surface area contributed by atoms with Crippen molar-refractivity contribution in [2.24, 2.45) is 5.92 Å². The number of nitrogens with zero attached hydrogens (tertiary/aromatic N) is 6. The molecule has 4 rings (SSSR count). The number of likely N-dealkylation sites (tertiary alicyclic amines) is 1. The molecule has 3 aromatic rings. The van der Waals surface area contributed by atoms with Crippen LogP contribution in [0.3, 0.4) is 0 Å². The highest BCUT2D eigenvalue weighted by Gasteiger charge is 2.31. The van der Waals surface area contributed by atoms with E-state index in [0.29, 0.717) is 5.92 Å². The fourth-order valence-corrected chi connectivity index (χ4v) is 2.86. The largest absolute Gasteiger partial charge is 0.360 e. The summed E-state index contributed by atoms with van der Waals surface area (Å²) in [6.07, 6.45) is 6.10. The predicted octanol–water partition coefficient (Wildman–Crippen LogP) is 0.251. The molecular weight excluding hydrogens is 282 g/mol. The number of rotatable bonds is 4. The van der Waals surface area contributed by atoms with E-state index in [4.69, 9.17) is 0 Å². The first kappa shape index (κ1) is 12.9. The van der Waals surface area contributed by atoms with Crippen LogP contribution >= 0.6 is 0 Å². The van der Waals surface area contributed by atoms with Gasteiger partial charge in [0.15, 0.2) is 0 Å². The van der Waals surface area contributed by atoms with Crippen LogP contribution in [0.5, 0.6) is 0 Å². The molecule has 0 radical (unpaired) electrons. The van der Waals surface area contributed by atoms with E-state index in [9.17, 15) is 4.79 Å². The minimum atomic E-state index is 0.0505. The van der Waals surface area contributed by atoms with Crippen molar-refractivity contribution in [1.82, 2.24) is 35.1 Å². The van der Waals surface area contributed by atoms with Crippen LogP contribution in [0.2, 0.25) is 0 Å². The molecule has 4 heterocycles. The van der Waals surface area contributed by atoms with Gasteiger partial charge in [0, 0.05) is 30.9 Å². The molecule has 0 spiro atoms. The average Bonchev–Trinajstić information content (AvgIpc) is 3.12. The minimum Gasteiger partial charge on any atom is -0.360 e. The first-order chi connectivity index (χ1) is 10.8. The standard InChI is InChI=1S/C14H15N7O/c22-13(8-21-9-17-18-19-21)20-6-10(7-20)5-12-14-11(1-3-15-12)2-4-16-14/h1-4,9-10,16H,5-8H2. The van der Waals surface area contributed by atoms with E-state index in [1.165, 1.54) is 16.4 Å². The van der Waals surface area contributed by atoms with E-state index in [1.807, 2.05) is 29.4 Å². The van der Waals surface area contributed by atoms with Gasteiger partial charge in [-0.3, -0.25) is 9.78 Å². The number of carbonyl (C=O) groups is 1. The quantitative estimate of drug-likeness (QED) is 0.745. The number of nitrogens with one attached hydrogen (secondary N) is 1. The van der Waals surface area contributed by atoms with Gasteiger partial charge in [0.1, 0.15) is 12.9 Å². The number of pyridine rings is 1. The summed E-state index contributed by atoms with van der Waals surface area (Å²) in [5.41, 5.74) is 2.17. The zero-order valence-electron chi connectivity index (χ0n) is 11.9. The number of carbonyl (C=O) groups excluding carboxylic acids is 1. The van der Waals surface area contributed by atoms with E-state index < -0.39 is 0 Å². The van der Waals surface area contributed by atoms with Crippen LogP contribution in [0.25, 0.3) is 10.9 Å². The lowest BCUT2D eigenvalue weighted by Crippen LogP contribution is -2.51. The summed E-state index contributed by atoms with van der Waals surface area (Å²) in [5.74, 6) is 0.508. The van der Waals surface area contributed by atoms with Crippen LogP contribution in [-0.4, -0.2) is 54.1 Å². The van der Waals surface area contributed by atoms with Crippen molar-refractivity contribution < 1.29 is 4.79 Å². The van der Waals surface area contributed by atoms with Crippen LogP contribution < -0.4 is 0 Å². The summed E-state index contributed by atoms with van der Waals surface area (Å²) in [7, 11) is 0. The molecule has 22 heavy (non-hydrogen) atoms. The molecule has 0 saturated carbocycles. The summed E-state index contributed by atoms with van der Waals surface area (Å²) in [5, 5.41) is 11.9. The maximum absolute atomic E-state index is 12.0. The molecule has 0 unspecified atom stereocenters. The van der Waals surface area contributed by atoms with Crippen molar-refractivity contribution in [1.29, 1.82) is 0 Å². The molecule has 1 aliphatic rings. The molecule has 1 N–H and O–H groups in total. The molecule has 0 atom stereocenters. The number of hydrogen-bond donors (Lipinski definition) is 1. The van der Waals surface area contributed by atoms with Crippen molar-refractivity contribution in [3.8, 4) is 0 Å². The topological polar surface area (TPSA) is 92.6 Å². The molecule has 8 nitrogen and oxygen atoms in total. The van der Waals surface area contributed by atoms with Crippen molar-refractivity contribution in [3.63, 3.8) is 0 Å². The summed E-state index contributed by atoms with van der Waals surface area (Å²) in [4.78, 5) is 21.6. The lowest BCUT2D eigenvalue weighted by atomic mass is 9.93. The highest BCUT2D eigenvalue weighted by atomic mass is 16.2. The lowest BCUT2D eigenvalue weighted by molar-refractivity contribution is -0.138. The number of aromatic amines is 1. The number of hydrogen-bond acceptors (Lipinski definition) is 5. The zero-order valence-corrected chi connectivity index (χ0v) is 11.9. The Morgan fingerprint density at radius 1 is 1.36 bits per heavy atom. The molecule has 3 aromatic heterocycles. The normalized spacial score (nSPS) is 15.2. The van der Waals surface area contributed by atoms with Crippen LogP contribution in [-0.2, 0) is 17.8 Å². The van der Waals surface area contributed by atoms with E-state index in [2.05, 4.69) is 25.5 Å². The SMILES string of the molecule is O=C(Cn1cnnn1)N1CC(Cc2nccc3cc[nH]c23)C1. The Kier molecular flexibility index (Phi) is 3.06. The fourth-order valence-electron chi connectivity index (χ4n) is 2.86. The molecule has 112 valence electrons. The molecule has 1 fully saturated rings. The maximum atomic E-state index is 12.0. The van der Waals surface area contributed by atoms with E-state index >= 15 is 0 Å². The highest BCUT2D eigenvalue weighted by molar-refractivity contribution is 5.81. The van der Waals surface area contributed by atoms with E-state index in [-0.39, 0.29) is 12.5 Å². The van der Waals surface area contributed by atoms with Gasteiger partial charge in [0.25, 0.3) is 0 Å². The third kappa shape index (κ3) is 2.32. The van der Waals surface area contributed by atoms with Crippen LogP contribution in [0.1, 0.15) is 5.69 Å². The number of H-pyrrole nitrogens is 1. The Labute approximate surface area is 126 Å². The van der Waals surface area contributed by atoms with Crippen molar-refractivity contribution in [2.75, 3.05) is 13.1 Å². The Bertz CT molecular complexity index is 788. The maximum Gasteiger partial charge on any atom is 0.244 e. The number of aromatic nitrogens is 6. The van der Waals surface area contributed by atoms with Crippen LogP contribution in [0, 0.1) is 5.92 Å². The summed E-state index contributed by atoms with van der Waals surface area (Å²) in [6, 6.07) is 4.04. The zero-order chi connectivity index (χ0) is 14.9. The molecule has 1 saturated heterocycles. The van der Waals surface area contributed by atoms with E-state index in [1.54, 1.807) is 0 Å². The number of amides is 1. The Balaban J connectivity index is 1.35. The molecule has 0 aromatic carbocycles. The van der Waals surface area contributed by atoms with E-state index in [0.717, 1.165) is 30.7 Å². The molecule has 8 heteroatoms. The minimum absolute atomic E-state index is 0.0505. The van der Waals surface area contributed by atoms with Gasteiger partial charge >= 0.3 is 0 Å². The van der Waals surface area contributed by atoms with Crippen molar-refractivity contribution in [2.45, 2.75) is 13.0 Å². The Morgan fingerprint density at radius 2 is 2.27 bits per heavy atom. The molecular formula is C14H15N7O. The Hall–Kier alpha value is -2.77. The van der Waals surface area contributed by atoms with Crippen LogP contribution in [0.4, 0.5) is 0 Å². The van der Waals surface area contributed by atoms with Crippen LogP contribution in [0.15, 0.2) is 30.9 Å². The Morgan fingerprint density at radius 3 is 3.09 bits per heavy atom. The average molecular weight is 297 g/mol. The van der Waals surface area contributed by atoms with Gasteiger partial charge in [-0.25, -0.2) is 4.68 Å². The van der Waals surface area contributed by atoms with Crippen molar-refractivity contribution >= 4 is 16.8 Å². The monoisotopic (exact) mass is 297 g/mol. The smallest absolute Gasteiger partial charge is 0.244 e. The molecule has 0 aliphatic carbocycles. The van der Waals surface area contributed by atoms with Gasteiger partial charge < -0.3 is 9.88 Å². The predicted molar refractivity (Wildman–Crippen MR) is 77.7 cm³/mol. The van der Waals surface area contributed by atoms with Gasteiger partial charge in [0.2, 0.25) is 5.91 Å². The van der Waals surface area contributed by atoms with Crippen molar-refractivity contribution in [3.05, 3.63) is 36.5 Å².